The summed E-state index contributed by atoms with van der Waals surface area (Å²) in [5.74, 6) is -0.180. The molecule has 1 aliphatic rings. The number of amides is 1. The van der Waals surface area contributed by atoms with Gasteiger partial charge in [-0.1, -0.05) is 18.6 Å². The first kappa shape index (κ1) is 24.7. The van der Waals surface area contributed by atoms with Gasteiger partial charge in [0.05, 0.1) is 27.9 Å². The van der Waals surface area contributed by atoms with Crippen molar-refractivity contribution in [3.8, 4) is 6.07 Å². The summed E-state index contributed by atoms with van der Waals surface area (Å²) in [6, 6.07) is 14.3. The van der Waals surface area contributed by atoms with Crippen LogP contribution in [0.3, 0.4) is 0 Å². The molecule has 7 nitrogen and oxygen atoms in total. The summed E-state index contributed by atoms with van der Waals surface area (Å²) >= 11 is 0. The molecule has 0 aliphatic carbocycles. The van der Waals surface area contributed by atoms with Crippen molar-refractivity contribution >= 4 is 27.3 Å². The van der Waals surface area contributed by atoms with E-state index in [1.807, 2.05) is 26.0 Å². The average Bonchev–Trinajstić information content (AvgIpc) is 2.85. The molecule has 0 aromatic heterocycles. The lowest BCUT2D eigenvalue weighted by atomic mass is 10.1. The van der Waals surface area contributed by atoms with Crippen molar-refractivity contribution in [3.63, 3.8) is 0 Å². The molecule has 0 radical (unpaired) electrons. The highest BCUT2D eigenvalue weighted by atomic mass is 32.2. The number of nitrogens with one attached hydrogen (secondary N) is 1. The van der Waals surface area contributed by atoms with Crippen LogP contribution >= 0.6 is 0 Å². The van der Waals surface area contributed by atoms with Crippen LogP contribution in [0.1, 0.15) is 50.7 Å². The maximum absolute atomic E-state index is 13.2. The molecule has 0 saturated carbocycles. The van der Waals surface area contributed by atoms with Crippen molar-refractivity contribution in [1.29, 1.82) is 5.26 Å². The first-order valence-corrected chi connectivity index (χ1v) is 13.0. The van der Waals surface area contributed by atoms with Crippen molar-refractivity contribution in [2.45, 2.75) is 50.8 Å². The van der Waals surface area contributed by atoms with Crippen LogP contribution in [0.25, 0.3) is 0 Å². The molecular weight excluding hydrogens is 436 g/mol. The predicted molar refractivity (Wildman–Crippen MR) is 131 cm³/mol. The Morgan fingerprint density at radius 1 is 1.06 bits per heavy atom. The van der Waals surface area contributed by atoms with Gasteiger partial charge in [0, 0.05) is 32.6 Å². The fourth-order valence-electron chi connectivity index (χ4n) is 4.09. The third-order valence-corrected chi connectivity index (χ3v) is 7.92. The lowest BCUT2D eigenvalue weighted by molar-refractivity contribution is -0.116. The van der Waals surface area contributed by atoms with Gasteiger partial charge in [0.25, 0.3) is 0 Å². The molecule has 0 atom stereocenters. The summed E-state index contributed by atoms with van der Waals surface area (Å²) in [6.45, 7) is 6.60. The molecule has 0 spiro atoms. The van der Waals surface area contributed by atoms with Crippen molar-refractivity contribution in [2.75, 3.05) is 36.4 Å². The Balaban J connectivity index is 1.81. The van der Waals surface area contributed by atoms with E-state index in [0.717, 1.165) is 43.6 Å². The molecule has 176 valence electrons. The van der Waals surface area contributed by atoms with Gasteiger partial charge in [-0.05, 0) is 69.0 Å². The van der Waals surface area contributed by atoms with Gasteiger partial charge in [0.2, 0.25) is 15.9 Å². The monoisotopic (exact) mass is 468 g/mol. The highest BCUT2D eigenvalue weighted by Crippen LogP contribution is 2.31. The zero-order valence-electron chi connectivity index (χ0n) is 19.4. The normalized spacial score (nSPS) is 14.5. The lowest BCUT2D eigenvalue weighted by Crippen LogP contribution is -2.35. The molecule has 1 saturated heterocycles. The van der Waals surface area contributed by atoms with Crippen LogP contribution in [0.2, 0.25) is 0 Å². The fraction of sp³-hybridized carbons (Fsp3) is 0.440. The Kier molecular flexibility index (Phi) is 8.48. The first-order valence-electron chi connectivity index (χ1n) is 11.6. The zero-order valence-corrected chi connectivity index (χ0v) is 20.2. The Labute approximate surface area is 197 Å². The van der Waals surface area contributed by atoms with E-state index in [9.17, 15) is 13.2 Å². The molecule has 2 aromatic carbocycles. The number of hydrogen-bond donors (Lipinski definition) is 1. The van der Waals surface area contributed by atoms with Gasteiger partial charge in [0.15, 0.2) is 0 Å². The van der Waals surface area contributed by atoms with Crippen LogP contribution in [0.4, 0.5) is 11.4 Å². The number of benzene rings is 2. The summed E-state index contributed by atoms with van der Waals surface area (Å²) in [7, 11) is -3.60. The summed E-state index contributed by atoms with van der Waals surface area (Å²) in [5.41, 5.74) is 2.87. The molecule has 3 rings (SSSR count). The second-order valence-electron chi connectivity index (χ2n) is 8.17. The molecule has 1 N–H and O–H groups in total. The van der Waals surface area contributed by atoms with Crippen molar-refractivity contribution < 1.29 is 13.2 Å². The van der Waals surface area contributed by atoms with E-state index < -0.39 is 10.0 Å². The molecule has 1 aliphatic heterocycles. The number of nitrogens with zero attached hydrogens (tertiary/aromatic N) is 3. The van der Waals surface area contributed by atoms with Crippen LogP contribution in [-0.4, -0.2) is 44.8 Å². The molecule has 1 heterocycles. The van der Waals surface area contributed by atoms with Gasteiger partial charge < -0.3 is 10.2 Å². The standard InChI is InChI=1S/C25H32N4O3S/c1-3-28(4-2)24-14-13-22(33(31,32)29-16-6-5-7-17-29)18-23(24)27-25(30)15-12-20-8-10-21(19-26)11-9-20/h8-11,13-14,18H,3-7,12,15-17H2,1-2H3,(H,27,30). The van der Waals surface area contributed by atoms with Crippen molar-refractivity contribution in [3.05, 3.63) is 53.6 Å². The number of carbonyl (C=O) groups is 1. The first-order chi connectivity index (χ1) is 15.9. The second kappa shape index (κ2) is 11.3. The smallest absolute Gasteiger partial charge is 0.243 e. The minimum absolute atomic E-state index is 0.180. The van der Waals surface area contributed by atoms with Gasteiger partial charge in [0.1, 0.15) is 0 Å². The molecule has 8 heteroatoms. The Bertz CT molecular complexity index is 1100. The van der Waals surface area contributed by atoms with E-state index in [4.69, 9.17) is 5.26 Å². The Morgan fingerprint density at radius 3 is 2.33 bits per heavy atom. The number of anilines is 2. The van der Waals surface area contributed by atoms with Crippen LogP contribution in [0, 0.1) is 11.3 Å². The highest BCUT2D eigenvalue weighted by Gasteiger charge is 2.27. The Hall–Kier alpha value is -2.89. The summed E-state index contributed by atoms with van der Waals surface area (Å²) in [5, 5.41) is 11.9. The molecule has 2 aromatic rings. The minimum atomic E-state index is -3.60. The van der Waals surface area contributed by atoms with Gasteiger partial charge >= 0.3 is 0 Å². The summed E-state index contributed by atoms with van der Waals surface area (Å²) < 4.78 is 27.9. The number of nitriles is 1. The number of rotatable bonds is 9. The SMILES string of the molecule is CCN(CC)c1ccc(S(=O)(=O)N2CCCCC2)cc1NC(=O)CCc1ccc(C#N)cc1. The van der Waals surface area contributed by atoms with Gasteiger partial charge in [-0.25, -0.2) is 8.42 Å². The molecular formula is C25H32N4O3S. The zero-order chi connectivity index (χ0) is 23.8. The van der Waals surface area contributed by atoms with E-state index >= 15 is 0 Å². The topological polar surface area (TPSA) is 93.5 Å². The van der Waals surface area contributed by atoms with E-state index in [-0.39, 0.29) is 17.2 Å². The van der Waals surface area contributed by atoms with Crippen LogP contribution in [-0.2, 0) is 21.2 Å². The lowest BCUT2D eigenvalue weighted by Gasteiger charge is -2.28. The summed E-state index contributed by atoms with van der Waals surface area (Å²) in [4.78, 5) is 15.1. The molecule has 33 heavy (non-hydrogen) atoms. The maximum atomic E-state index is 13.2. The fourth-order valence-corrected chi connectivity index (χ4v) is 5.63. The average molecular weight is 469 g/mol. The maximum Gasteiger partial charge on any atom is 0.243 e. The van der Waals surface area contributed by atoms with E-state index in [2.05, 4.69) is 16.3 Å². The van der Waals surface area contributed by atoms with E-state index in [1.54, 1.807) is 34.6 Å². The quantitative estimate of drug-likeness (QED) is 0.597. The van der Waals surface area contributed by atoms with Gasteiger partial charge in [-0.2, -0.15) is 9.57 Å². The van der Waals surface area contributed by atoms with Gasteiger partial charge in [-0.15, -0.1) is 0 Å². The van der Waals surface area contributed by atoms with Crippen molar-refractivity contribution in [1.82, 2.24) is 4.31 Å². The van der Waals surface area contributed by atoms with Crippen LogP contribution in [0.15, 0.2) is 47.4 Å². The molecule has 0 bridgehead atoms. The van der Waals surface area contributed by atoms with Crippen LogP contribution in [0.5, 0.6) is 0 Å². The van der Waals surface area contributed by atoms with E-state index in [0.29, 0.717) is 30.8 Å². The number of sulfonamides is 1. The van der Waals surface area contributed by atoms with Crippen molar-refractivity contribution in [2.24, 2.45) is 0 Å². The highest BCUT2D eigenvalue weighted by molar-refractivity contribution is 7.89. The minimum Gasteiger partial charge on any atom is -0.370 e. The van der Waals surface area contributed by atoms with Crippen LogP contribution < -0.4 is 10.2 Å². The third-order valence-electron chi connectivity index (χ3n) is 6.02. The number of piperidine rings is 1. The largest absolute Gasteiger partial charge is 0.370 e. The number of hydrogen-bond acceptors (Lipinski definition) is 5. The van der Waals surface area contributed by atoms with E-state index in [1.165, 1.54) is 0 Å². The second-order valence-corrected chi connectivity index (χ2v) is 10.1. The summed E-state index contributed by atoms with van der Waals surface area (Å²) in [6.07, 6.45) is 3.58. The Morgan fingerprint density at radius 2 is 1.73 bits per heavy atom. The molecule has 1 fully saturated rings. The molecule has 0 unspecified atom stereocenters. The molecule has 1 amide bonds. The predicted octanol–water partition coefficient (Wildman–Crippen LogP) is 4.15. The van der Waals surface area contributed by atoms with Gasteiger partial charge in [-0.3, -0.25) is 4.79 Å². The third kappa shape index (κ3) is 6.12. The number of aryl methyl sites for hydroxylation is 1. The number of carbonyl (C=O) groups excluding carboxylic acids is 1.